The van der Waals surface area contributed by atoms with Crippen LogP contribution in [0.5, 0.6) is 0 Å². The molecule has 0 saturated heterocycles. The number of aliphatic hydroxyl groups is 1. The highest BCUT2D eigenvalue weighted by Crippen LogP contribution is 2.44. The van der Waals surface area contributed by atoms with E-state index in [1.54, 1.807) is 12.1 Å². The molecule has 4 heteroatoms. The minimum atomic E-state index is -0.241. The zero-order valence-corrected chi connectivity index (χ0v) is 15.6. The molecule has 0 amide bonds. The molecule has 4 rings (SSSR count). The fourth-order valence-corrected chi connectivity index (χ4v) is 4.61. The summed E-state index contributed by atoms with van der Waals surface area (Å²) in [6.45, 7) is 4.42. The zero-order chi connectivity index (χ0) is 18.3. The maximum Gasteiger partial charge on any atom is 0.123 e. The number of benzene rings is 1. The lowest BCUT2D eigenvalue weighted by atomic mass is 9.69. The maximum absolute atomic E-state index is 13.2. The number of rotatable bonds is 4. The Morgan fingerprint density at radius 1 is 1.27 bits per heavy atom. The average Bonchev–Trinajstić information content (AvgIpc) is 3.26. The Bertz CT molecular complexity index is 817. The molecule has 1 unspecified atom stereocenters. The highest BCUT2D eigenvalue weighted by molar-refractivity contribution is 5.60. The van der Waals surface area contributed by atoms with E-state index in [4.69, 9.17) is 0 Å². The van der Waals surface area contributed by atoms with E-state index in [1.165, 1.54) is 36.1 Å². The molecule has 1 aromatic carbocycles. The topological polar surface area (TPSA) is 38.0 Å². The summed E-state index contributed by atoms with van der Waals surface area (Å²) >= 11 is 0. The Hall–Kier alpha value is -1.94. The number of hydrogen-bond donors (Lipinski definition) is 1. The zero-order valence-electron chi connectivity index (χ0n) is 15.6. The maximum atomic E-state index is 13.2. The Morgan fingerprint density at radius 3 is 2.65 bits per heavy atom. The third-order valence-corrected chi connectivity index (χ3v) is 6.45. The molecule has 3 nitrogen and oxygen atoms in total. The first-order valence-electron chi connectivity index (χ1n) is 9.66. The van der Waals surface area contributed by atoms with Crippen LogP contribution in [0.3, 0.4) is 0 Å². The summed E-state index contributed by atoms with van der Waals surface area (Å²) < 4.78 is 15.1. The van der Waals surface area contributed by atoms with Crippen molar-refractivity contribution in [2.75, 3.05) is 0 Å². The first-order valence-corrected chi connectivity index (χ1v) is 9.66. The van der Waals surface area contributed by atoms with Crippen molar-refractivity contribution in [2.24, 2.45) is 11.3 Å². The molecule has 0 aliphatic heterocycles. The van der Waals surface area contributed by atoms with Gasteiger partial charge >= 0.3 is 0 Å². The smallest absolute Gasteiger partial charge is 0.123 e. The van der Waals surface area contributed by atoms with Gasteiger partial charge in [-0.3, -0.25) is 0 Å². The lowest BCUT2D eigenvalue weighted by molar-refractivity contribution is 0.0680. The Labute approximate surface area is 154 Å². The first kappa shape index (κ1) is 17.5. The summed E-state index contributed by atoms with van der Waals surface area (Å²) in [4.78, 5) is 0. The summed E-state index contributed by atoms with van der Waals surface area (Å²) in [5.74, 6) is 0.220. The quantitative estimate of drug-likeness (QED) is 0.846. The summed E-state index contributed by atoms with van der Waals surface area (Å²) in [5, 5.41) is 15.3. The summed E-state index contributed by atoms with van der Waals surface area (Å²) in [5.41, 5.74) is 4.38. The third kappa shape index (κ3) is 3.11. The van der Waals surface area contributed by atoms with E-state index < -0.39 is 0 Å². The third-order valence-electron chi connectivity index (χ3n) is 6.45. The average molecular weight is 354 g/mol. The predicted molar refractivity (Wildman–Crippen MR) is 102 cm³/mol. The molecule has 1 aromatic heterocycles. The van der Waals surface area contributed by atoms with Crippen molar-refractivity contribution >= 4 is 6.08 Å². The normalized spacial score (nSPS) is 24.4. The molecule has 2 aromatic rings. The lowest BCUT2D eigenvalue weighted by Gasteiger charge is -2.37. The molecular formula is C22H27FN2O. The van der Waals surface area contributed by atoms with Gasteiger partial charge in [-0.05, 0) is 79.8 Å². The summed E-state index contributed by atoms with van der Waals surface area (Å²) in [6.07, 6.45) is 10.4. The van der Waals surface area contributed by atoms with E-state index in [1.807, 2.05) is 10.9 Å². The van der Waals surface area contributed by atoms with Gasteiger partial charge in [0.15, 0.2) is 0 Å². The highest BCUT2D eigenvalue weighted by Gasteiger charge is 2.37. The van der Waals surface area contributed by atoms with Gasteiger partial charge in [0, 0.05) is 0 Å². The number of allylic oxidation sites excluding steroid dienone is 1. The summed E-state index contributed by atoms with van der Waals surface area (Å²) in [7, 11) is 0. The van der Waals surface area contributed by atoms with Crippen molar-refractivity contribution in [1.29, 1.82) is 0 Å². The van der Waals surface area contributed by atoms with Crippen molar-refractivity contribution < 1.29 is 9.50 Å². The van der Waals surface area contributed by atoms with E-state index in [2.05, 4.69) is 25.0 Å². The van der Waals surface area contributed by atoms with Gasteiger partial charge in [-0.2, -0.15) is 5.10 Å². The van der Waals surface area contributed by atoms with Crippen molar-refractivity contribution in [2.45, 2.75) is 58.5 Å². The minimum absolute atomic E-state index is 0.0360. The molecule has 1 fully saturated rings. The van der Waals surface area contributed by atoms with Gasteiger partial charge in [-0.1, -0.05) is 25.3 Å². The van der Waals surface area contributed by atoms with Gasteiger partial charge in [-0.15, -0.1) is 0 Å². The number of fused-ring (bicyclic) bond motifs is 1. The van der Waals surface area contributed by atoms with Crippen LogP contribution in [0.15, 0.2) is 36.0 Å². The SMILES string of the molecule is CC1=Cc2c(cnn2-c2ccc(F)cc2)C[C@@]1(C)CC(O)C1CCCC1. The van der Waals surface area contributed by atoms with E-state index >= 15 is 0 Å². The van der Waals surface area contributed by atoms with Gasteiger partial charge in [0.05, 0.1) is 23.7 Å². The largest absolute Gasteiger partial charge is 0.393 e. The van der Waals surface area contributed by atoms with Crippen LogP contribution in [0.1, 0.15) is 57.2 Å². The van der Waals surface area contributed by atoms with E-state index in [-0.39, 0.29) is 17.3 Å². The predicted octanol–water partition coefficient (Wildman–Crippen LogP) is 4.92. The van der Waals surface area contributed by atoms with Crippen LogP contribution in [0.4, 0.5) is 4.39 Å². The van der Waals surface area contributed by atoms with Crippen molar-refractivity contribution in [1.82, 2.24) is 9.78 Å². The molecule has 2 aliphatic carbocycles. The van der Waals surface area contributed by atoms with Gasteiger partial charge in [-0.25, -0.2) is 9.07 Å². The molecule has 138 valence electrons. The number of halogens is 1. The van der Waals surface area contributed by atoms with Crippen LogP contribution in [0, 0.1) is 17.2 Å². The molecule has 0 spiro atoms. The fourth-order valence-electron chi connectivity index (χ4n) is 4.61. The Morgan fingerprint density at radius 2 is 1.96 bits per heavy atom. The Balaban J connectivity index is 1.60. The van der Waals surface area contributed by atoms with E-state index in [0.29, 0.717) is 5.92 Å². The van der Waals surface area contributed by atoms with E-state index in [9.17, 15) is 9.50 Å². The van der Waals surface area contributed by atoms with Crippen molar-refractivity contribution in [3.63, 3.8) is 0 Å². The molecule has 2 aliphatic rings. The van der Waals surface area contributed by atoms with Gasteiger partial charge in [0.25, 0.3) is 0 Å². The molecule has 1 heterocycles. The number of aliphatic hydroxyl groups excluding tert-OH is 1. The lowest BCUT2D eigenvalue weighted by Crippen LogP contribution is -2.32. The molecule has 0 radical (unpaired) electrons. The number of nitrogens with zero attached hydrogens (tertiary/aromatic N) is 2. The molecular weight excluding hydrogens is 327 g/mol. The van der Waals surface area contributed by atoms with Crippen LogP contribution >= 0.6 is 0 Å². The molecule has 1 N–H and O–H groups in total. The molecule has 2 atom stereocenters. The second-order valence-corrected chi connectivity index (χ2v) is 8.32. The number of aromatic nitrogens is 2. The van der Waals surface area contributed by atoms with Gasteiger partial charge < -0.3 is 5.11 Å². The van der Waals surface area contributed by atoms with Crippen LogP contribution in [-0.4, -0.2) is 21.0 Å². The second kappa shape index (κ2) is 6.66. The summed E-state index contributed by atoms with van der Waals surface area (Å²) in [6, 6.07) is 6.43. The van der Waals surface area contributed by atoms with E-state index in [0.717, 1.165) is 37.1 Å². The van der Waals surface area contributed by atoms with Crippen molar-refractivity contribution in [3.05, 3.63) is 53.1 Å². The van der Waals surface area contributed by atoms with Crippen molar-refractivity contribution in [3.8, 4) is 5.69 Å². The number of hydrogen-bond acceptors (Lipinski definition) is 2. The van der Waals surface area contributed by atoms with Gasteiger partial charge in [0.1, 0.15) is 5.82 Å². The molecule has 26 heavy (non-hydrogen) atoms. The fraction of sp³-hybridized carbons (Fsp3) is 0.500. The molecule has 1 saturated carbocycles. The van der Waals surface area contributed by atoms with Crippen LogP contribution < -0.4 is 0 Å². The van der Waals surface area contributed by atoms with Crippen LogP contribution in [0.25, 0.3) is 11.8 Å². The Kier molecular flexibility index (Phi) is 4.47. The van der Waals surface area contributed by atoms with Gasteiger partial charge in [0.2, 0.25) is 0 Å². The molecule has 0 bridgehead atoms. The second-order valence-electron chi connectivity index (χ2n) is 8.32. The highest BCUT2D eigenvalue weighted by atomic mass is 19.1. The minimum Gasteiger partial charge on any atom is -0.393 e. The first-order chi connectivity index (χ1) is 12.5. The van der Waals surface area contributed by atoms with Crippen LogP contribution in [0.2, 0.25) is 0 Å². The monoisotopic (exact) mass is 354 g/mol. The van der Waals surface area contributed by atoms with Crippen LogP contribution in [-0.2, 0) is 6.42 Å². The standard InChI is InChI=1S/C22H27FN2O/c1-15-11-20-17(14-24-25(20)19-9-7-18(23)8-10-19)12-22(15,2)13-21(26)16-5-3-4-6-16/h7-11,14,16,21,26H,3-6,12-13H2,1-2H3/t21?,22-/m0/s1.